The summed E-state index contributed by atoms with van der Waals surface area (Å²) in [5.74, 6) is -0.202. The van der Waals surface area contributed by atoms with Crippen LogP contribution in [0.3, 0.4) is 0 Å². The van der Waals surface area contributed by atoms with Crippen molar-refractivity contribution in [1.82, 2.24) is 9.88 Å². The molecule has 0 bridgehead atoms. The Morgan fingerprint density at radius 2 is 2.00 bits per heavy atom. The van der Waals surface area contributed by atoms with Gasteiger partial charge in [-0.2, -0.15) is 0 Å². The van der Waals surface area contributed by atoms with Crippen molar-refractivity contribution in [3.63, 3.8) is 0 Å². The number of hydrogen-bond acceptors (Lipinski definition) is 8. The molecule has 0 radical (unpaired) electrons. The van der Waals surface area contributed by atoms with E-state index >= 15 is 0 Å². The van der Waals surface area contributed by atoms with Crippen LogP contribution in [0, 0.1) is 5.92 Å². The molecule has 8 nitrogen and oxygen atoms in total. The highest BCUT2D eigenvalue weighted by molar-refractivity contribution is 7.99. The largest absolute Gasteiger partial charge is 0.466 e. The second-order valence-corrected chi connectivity index (χ2v) is 9.91. The predicted octanol–water partition coefficient (Wildman–Crippen LogP) is 2.52. The van der Waals surface area contributed by atoms with Crippen molar-refractivity contribution < 1.29 is 27.2 Å². The zero-order chi connectivity index (χ0) is 21.0. The summed E-state index contributed by atoms with van der Waals surface area (Å²) in [6.07, 6.45) is 1.21. The Bertz CT molecular complexity index is 993. The van der Waals surface area contributed by atoms with Crippen LogP contribution in [0.5, 0.6) is 0 Å². The first-order valence-corrected chi connectivity index (χ1v) is 12.2. The molecule has 0 atom stereocenters. The number of thioether (sulfide) groups is 1. The Balaban J connectivity index is 1.57. The lowest BCUT2D eigenvalue weighted by atomic mass is 9.97. The normalized spacial score (nSPS) is 15.6. The number of ether oxygens (including phenoxy) is 1. The van der Waals surface area contributed by atoms with Gasteiger partial charge in [-0.3, -0.25) is 9.59 Å². The number of hydrogen-bond donors (Lipinski definition) is 0. The lowest BCUT2D eigenvalue weighted by molar-refractivity contribution is -0.151. The van der Waals surface area contributed by atoms with Crippen LogP contribution in [0.15, 0.2) is 32.7 Å². The lowest BCUT2D eigenvalue weighted by Crippen LogP contribution is -2.41. The molecular weight excluding hydrogens is 416 g/mol. The third-order valence-corrected chi connectivity index (χ3v) is 7.41. The molecular formula is C19H24N2O6S2. The zero-order valence-electron chi connectivity index (χ0n) is 16.4. The molecule has 0 spiro atoms. The zero-order valence-corrected chi connectivity index (χ0v) is 18.1. The molecule has 2 heterocycles. The Hall–Kier alpha value is -2.07. The number of fused-ring (bicyclic) bond motifs is 1. The van der Waals surface area contributed by atoms with Gasteiger partial charge in [-0.1, -0.05) is 18.7 Å². The quantitative estimate of drug-likeness (QED) is 0.477. The van der Waals surface area contributed by atoms with Gasteiger partial charge in [0.1, 0.15) is 5.52 Å². The van der Waals surface area contributed by atoms with E-state index in [0.29, 0.717) is 48.9 Å². The minimum Gasteiger partial charge on any atom is -0.466 e. The SMILES string of the molecule is CCOC(=O)C1CCN(C(=O)CSc2nc3cc(S(=O)(=O)CC)ccc3o2)CC1. The first-order valence-electron chi connectivity index (χ1n) is 9.54. The fourth-order valence-corrected chi connectivity index (χ4v) is 4.79. The number of benzene rings is 1. The molecule has 1 aromatic heterocycles. The Kier molecular flexibility index (Phi) is 6.84. The molecule has 29 heavy (non-hydrogen) atoms. The summed E-state index contributed by atoms with van der Waals surface area (Å²) >= 11 is 1.17. The molecule has 1 aliphatic rings. The van der Waals surface area contributed by atoms with Crippen LogP contribution in [0.2, 0.25) is 0 Å². The second kappa shape index (κ2) is 9.17. The first-order chi connectivity index (χ1) is 13.8. The third-order valence-electron chi connectivity index (χ3n) is 4.87. The van der Waals surface area contributed by atoms with E-state index in [9.17, 15) is 18.0 Å². The van der Waals surface area contributed by atoms with Crippen molar-refractivity contribution in [2.75, 3.05) is 31.2 Å². The van der Waals surface area contributed by atoms with Crippen molar-refractivity contribution in [3.8, 4) is 0 Å². The van der Waals surface area contributed by atoms with Gasteiger partial charge in [0, 0.05) is 13.1 Å². The van der Waals surface area contributed by atoms with E-state index in [1.807, 2.05) is 0 Å². The molecule has 1 saturated heterocycles. The van der Waals surface area contributed by atoms with Crippen LogP contribution in [-0.4, -0.2) is 61.4 Å². The van der Waals surface area contributed by atoms with Crippen LogP contribution in [0.25, 0.3) is 11.1 Å². The summed E-state index contributed by atoms with van der Waals surface area (Å²) in [6.45, 7) is 4.78. The van der Waals surface area contributed by atoms with Crippen molar-refractivity contribution in [2.45, 2.75) is 36.8 Å². The monoisotopic (exact) mass is 440 g/mol. The molecule has 2 aromatic rings. The number of oxazole rings is 1. The summed E-state index contributed by atoms with van der Waals surface area (Å²) in [4.78, 5) is 30.5. The Morgan fingerprint density at radius 1 is 1.28 bits per heavy atom. The van der Waals surface area contributed by atoms with E-state index in [-0.39, 0.29) is 34.2 Å². The number of rotatable bonds is 7. The van der Waals surface area contributed by atoms with Gasteiger partial charge in [-0.25, -0.2) is 13.4 Å². The fraction of sp³-hybridized carbons (Fsp3) is 0.526. The van der Waals surface area contributed by atoms with Gasteiger partial charge in [0.25, 0.3) is 5.22 Å². The second-order valence-electron chi connectivity index (χ2n) is 6.71. The van der Waals surface area contributed by atoms with E-state index in [0.717, 1.165) is 0 Å². The fourth-order valence-electron chi connectivity index (χ4n) is 3.15. The molecule has 0 unspecified atom stereocenters. The summed E-state index contributed by atoms with van der Waals surface area (Å²) in [5, 5.41) is 0.320. The van der Waals surface area contributed by atoms with Crippen molar-refractivity contribution in [3.05, 3.63) is 18.2 Å². The standard InChI is InChI=1S/C19H24N2O6S2/c1-3-26-18(23)13-7-9-21(10-8-13)17(22)12-28-19-20-15-11-14(29(24,25)4-2)5-6-16(15)27-19/h5-6,11,13H,3-4,7-10,12H2,1-2H3. The average molecular weight is 441 g/mol. The molecule has 0 saturated carbocycles. The van der Waals surface area contributed by atoms with Crippen molar-refractivity contribution in [1.29, 1.82) is 0 Å². The number of amides is 1. The number of aromatic nitrogens is 1. The number of sulfone groups is 1. The van der Waals surface area contributed by atoms with Gasteiger partial charge in [0.15, 0.2) is 15.4 Å². The van der Waals surface area contributed by atoms with Crippen LogP contribution < -0.4 is 0 Å². The average Bonchev–Trinajstić information content (AvgIpc) is 3.14. The number of carbonyl (C=O) groups is 2. The lowest BCUT2D eigenvalue weighted by Gasteiger charge is -2.30. The smallest absolute Gasteiger partial charge is 0.309 e. The molecule has 1 aliphatic heterocycles. The van der Waals surface area contributed by atoms with Crippen molar-refractivity contribution >= 4 is 44.6 Å². The van der Waals surface area contributed by atoms with Gasteiger partial charge >= 0.3 is 5.97 Å². The number of esters is 1. The van der Waals surface area contributed by atoms with Crippen LogP contribution >= 0.6 is 11.8 Å². The van der Waals surface area contributed by atoms with Gasteiger partial charge in [-0.05, 0) is 38.0 Å². The highest BCUT2D eigenvalue weighted by atomic mass is 32.2. The van der Waals surface area contributed by atoms with E-state index < -0.39 is 9.84 Å². The van der Waals surface area contributed by atoms with E-state index in [1.165, 1.54) is 23.9 Å². The Morgan fingerprint density at radius 3 is 2.66 bits per heavy atom. The van der Waals surface area contributed by atoms with E-state index in [2.05, 4.69) is 4.98 Å². The molecule has 1 aromatic carbocycles. The molecule has 158 valence electrons. The number of carbonyl (C=O) groups excluding carboxylic acids is 2. The predicted molar refractivity (Wildman–Crippen MR) is 108 cm³/mol. The summed E-state index contributed by atoms with van der Waals surface area (Å²) < 4.78 is 34.7. The third kappa shape index (κ3) is 5.11. The van der Waals surface area contributed by atoms with Gasteiger partial charge < -0.3 is 14.1 Å². The van der Waals surface area contributed by atoms with Gasteiger partial charge in [0.05, 0.1) is 28.9 Å². The molecule has 1 amide bonds. The molecule has 1 fully saturated rings. The first kappa shape index (κ1) is 21.6. The van der Waals surface area contributed by atoms with Crippen LogP contribution in [-0.2, 0) is 24.2 Å². The maximum Gasteiger partial charge on any atom is 0.309 e. The van der Waals surface area contributed by atoms with Crippen LogP contribution in [0.1, 0.15) is 26.7 Å². The van der Waals surface area contributed by atoms with E-state index in [4.69, 9.17) is 9.15 Å². The molecule has 0 N–H and O–H groups in total. The van der Waals surface area contributed by atoms with Gasteiger partial charge in [0.2, 0.25) is 5.91 Å². The van der Waals surface area contributed by atoms with Crippen LogP contribution in [0.4, 0.5) is 0 Å². The topological polar surface area (TPSA) is 107 Å². The number of likely N-dealkylation sites (tertiary alicyclic amines) is 1. The maximum absolute atomic E-state index is 12.5. The summed E-state index contributed by atoms with van der Waals surface area (Å²) in [5.41, 5.74) is 0.926. The number of piperidine rings is 1. The highest BCUT2D eigenvalue weighted by Gasteiger charge is 2.28. The minimum atomic E-state index is -3.32. The molecule has 10 heteroatoms. The van der Waals surface area contributed by atoms with E-state index in [1.54, 1.807) is 24.8 Å². The minimum absolute atomic E-state index is 0.0132. The van der Waals surface area contributed by atoms with Gasteiger partial charge in [-0.15, -0.1) is 0 Å². The molecule has 3 rings (SSSR count). The van der Waals surface area contributed by atoms with Crippen molar-refractivity contribution in [2.24, 2.45) is 5.92 Å². The molecule has 0 aliphatic carbocycles. The Labute approximate surface area is 173 Å². The summed E-state index contributed by atoms with van der Waals surface area (Å²) in [7, 11) is -3.32. The maximum atomic E-state index is 12.5. The highest BCUT2D eigenvalue weighted by Crippen LogP contribution is 2.27. The number of nitrogens with zero attached hydrogens (tertiary/aromatic N) is 2. The summed E-state index contributed by atoms with van der Waals surface area (Å²) in [6, 6.07) is 4.57.